The molecule has 4 nitrogen and oxygen atoms in total. The highest BCUT2D eigenvalue weighted by atomic mass is 32.1. The summed E-state index contributed by atoms with van der Waals surface area (Å²) >= 11 is 1.79. The molecule has 1 amide bonds. The Labute approximate surface area is 170 Å². The van der Waals surface area contributed by atoms with Gasteiger partial charge in [0.2, 0.25) is 5.91 Å². The van der Waals surface area contributed by atoms with Crippen LogP contribution in [0.1, 0.15) is 53.2 Å². The number of hydrogen-bond acceptors (Lipinski definition) is 4. The molecule has 2 aliphatic rings. The van der Waals surface area contributed by atoms with Crippen molar-refractivity contribution in [2.24, 2.45) is 0 Å². The SMILES string of the molecule is Cc1nc(C)c(CN2CCC[C@]3(CCC(=O)N3Cc3ccc(F)cc3)CC2)s1. The molecular weight excluding hydrogens is 373 g/mol. The van der Waals surface area contributed by atoms with Gasteiger partial charge in [-0.2, -0.15) is 0 Å². The molecule has 150 valence electrons. The minimum Gasteiger partial charge on any atom is -0.333 e. The molecule has 0 unspecified atom stereocenters. The highest BCUT2D eigenvalue weighted by Gasteiger charge is 2.45. The number of carbonyl (C=O) groups is 1. The Morgan fingerprint density at radius 1 is 1.11 bits per heavy atom. The Morgan fingerprint density at radius 3 is 2.61 bits per heavy atom. The van der Waals surface area contributed by atoms with E-state index in [2.05, 4.69) is 28.6 Å². The first-order valence-electron chi connectivity index (χ1n) is 10.2. The molecule has 6 heteroatoms. The Morgan fingerprint density at radius 2 is 1.89 bits per heavy atom. The summed E-state index contributed by atoms with van der Waals surface area (Å²) in [5.74, 6) is 0.0108. The number of halogens is 1. The number of aromatic nitrogens is 1. The normalized spacial score (nSPS) is 23.5. The minimum absolute atomic E-state index is 0.0428. The molecule has 2 aliphatic heterocycles. The molecule has 0 aliphatic carbocycles. The first-order valence-corrected chi connectivity index (χ1v) is 11.0. The second kappa shape index (κ2) is 7.91. The molecule has 2 aromatic rings. The predicted molar refractivity (Wildman–Crippen MR) is 110 cm³/mol. The largest absolute Gasteiger partial charge is 0.333 e. The van der Waals surface area contributed by atoms with E-state index in [0.29, 0.717) is 13.0 Å². The number of hydrogen-bond donors (Lipinski definition) is 0. The predicted octanol–water partition coefficient (Wildman–Crippen LogP) is 4.45. The smallest absolute Gasteiger partial charge is 0.223 e. The standard InChI is InChI=1S/C22H28FN3OS/c1-16-20(28-17(2)24-16)15-25-12-3-9-22(11-13-25)10-8-21(27)26(22)14-18-4-6-19(23)7-5-18/h4-7H,3,8-15H2,1-2H3/t22-/m0/s1. The lowest BCUT2D eigenvalue weighted by molar-refractivity contribution is -0.132. The van der Waals surface area contributed by atoms with Crippen molar-refractivity contribution < 1.29 is 9.18 Å². The van der Waals surface area contributed by atoms with E-state index >= 15 is 0 Å². The molecule has 0 saturated carbocycles. The van der Waals surface area contributed by atoms with Gasteiger partial charge in [-0.15, -0.1) is 11.3 Å². The van der Waals surface area contributed by atoms with Crippen molar-refractivity contribution >= 4 is 17.2 Å². The van der Waals surface area contributed by atoms with Gasteiger partial charge in [-0.3, -0.25) is 9.69 Å². The van der Waals surface area contributed by atoms with E-state index in [4.69, 9.17) is 0 Å². The Hall–Kier alpha value is -1.79. The van der Waals surface area contributed by atoms with Crippen molar-refractivity contribution in [3.63, 3.8) is 0 Å². The molecule has 1 spiro atoms. The first kappa shape index (κ1) is 19.5. The van der Waals surface area contributed by atoms with Crippen LogP contribution in [0.15, 0.2) is 24.3 Å². The summed E-state index contributed by atoms with van der Waals surface area (Å²) in [6.07, 6.45) is 4.74. The third kappa shape index (κ3) is 3.98. The van der Waals surface area contributed by atoms with Gasteiger partial charge in [0.15, 0.2) is 0 Å². The molecule has 2 saturated heterocycles. The number of likely N-dealkylation sites (tertiary alicyclic amines) is 2. The fourth-order valence-corrected chi connectivity index (χ4v) is 5.72. The van der Waals surface area contributed by atoms with E-state index in [1.807, 2.05) is 0 Å². The van der Waals surface area contributed by atoms with Crippen molar-refractivity contribution in [1.29, 1.82) is 0 Å². The van der Waals surface area contributed by atoms with Crippen molar-refractivity contribution in [1.82, 2.24) is 14.8 Å². The zero-order chi connectivity index (χ0) is 19.7. The van der Waals surface area contributed by atoms with Crippen molar-refractivity contribution in [3.8, 4) is 0 Å². The van der Waals surface area contributed by atoms with Crippen LogP contribution in [0.4, 0.5) is 4.39 Å². The van der Waals surface area contributed by atoms with Gasteiger partial charge in [-0.1, -0.05) is 12.1 Å². The Kier molecular flexibility index (Phi) is 5.52. The van der Waals surface area contributed by atoms with Crippen LogP contribution < -0.4 is 0 Å². The van der Waals surface area contributed by atoms with Crippen LogP contribution in [0, 0.1) is 19.7 Å². The zero-order valence-electron chi connectivity index (χ0n) is 16.7. The number of aryl methyl sites for hydroxylation is 2. The lowest BCUT2D eigenvalue weighted by Crippen LogP contribution is -2.45. The van der Waals surface area contributed by atoms with E-state index in [1.165, 1.54) is 17.0 Å². The number of thiazole rings is 1. The highest BCUT2D eigenvalue weighted by Crippen LogP contribution is 2.40. The van der Waals surface area contributed by atoms with Crippen LogP contribution in [-0.2, 0) is 17.9 Å². The third-order valence-corrected chi connectivity index (χ3v) is 7.37. The number of benzene rings is 1. The molecule has 1 aromatic carbocycles. The second-order valence-electron chi connectivity index (χ2n) is 8.20. The number of rotatable bonds is 4. The molecule has 1 atom stereocenters. The maximum atomic E-state index is 13.2. The highest BCUT2D eigenvalue weighted by molar-refractivity contribution is 7.11. The topological polar surface area (TPSA) is 36.4 Å². The summed E-state index contributed by atoms with van der Waals surface area (Å²) in [6.45, 7) is 7.78. The van der Waals surface area contributed by atoms with Crippen LogP contribution in [0.3, 0.4) is 0 Å². The molecule has 2 fully saturated rings. The van der Waals surface area contributed by atoms with Gasteiger partial charge in [-0.25, -0.2) is 9.37 Å². The molecular formula is C22H28FN3OS. The Bertz CT molecular complexity index is 850. The summed E-state index contributed by atoms with van der Waals surface area (Å²) in [6, 6.07) is 6.56. The average Bonchev–Trinajstić information content (AvgIpc) is 3.04. The van der Waals surface area contributed by atoms with E-state index < -0.39 is 0 Å². The van der Waals surface area contributed by atoms with Crippen LogP contribution in [0.25, 0.3) is 0 Å². The van der Waals surface area contributed by atoms with E-state index in [0.717, 1.165) is 61.6 Å². The van der Waals surface area contributed by atoms with Gasteiger partial charge in [0.1, 0.15) is 5.82 Å². The van der Waals surface area contributed by atoms with E-state index in [9.17, 15) is 9.18 Å². The van der Waals surface area contributed by atoms with Crippen LogP contribution in [0.2, 0.25) is 0 Å². The maximum absolute atomic E-state index is 13.2. The summed E-state index contributed by atoms with van der Waals surface area (Å²) in [5.41, 5.74) is 2.11. The number of carbonyl (C=O) groups excluding carboxylic acids is 1. The summed E-state index contributed by atoms with van der Waals surface area (Å²) < 4.78 is 13.2. The van der Waals surface area contributed by atoms with Crippen molar-refractivity contribution in [2.75, 3.05) is 13.1 Å². The molecule has 0 bridgehead atoms. The zero-order valence-corrected chi connectivity index (χ0v) is 17.5. The molecule has 0 N–H and O–H groups in total. The molecule has 4 rings (SSSR count). The summed E-state index contributed by atoms with van der Waals surface area (Å²) in [5, 5.41) is 1.13. The van der Waals surface area contributed by atoms with Crippen molar-refractivity contribution in [2.45, 2.75) is 64.6 Å². The van der Waals surface area contributed by atoms with Crippen LogP contribution >= 0.6 is 11.3 Å². The second-order valence-corrected chi connectivity index (χ2v) is 9.49. The van der Waals surface area contributed by atoms with E-state index in [1.54, 1.807) is 23.5 Å². The van der Waals surface area contributed by atoms with Gasteiger partial charge in [0.25, 0.3) is 0 Å². The summed E-state index contributed by atoms with van der Waals surface area (Å²) in [7, 11) is 0. The van der Waals surface area contributed by atoms with Crippen LogP contribution in [0.5, 0.6) is 0 Å². The third-order valence-electron chi connectivity index (χ3n) is 6.31. The fraction of sp³-hybridized carbons (Fsp3) is 0.545. The molecule has 1 aromatic heterocycles. The fourth-order valence-electron chi connectivity index (χ4n) is 4.74. The number of amides is 1. The van der Waals surface area contributed by atoms with Gasteiger partial charge >= 0.3 is 0 Å². The number of nitrogens with zero attached hydrogens (tertiary/aromatic N) is 3. The van der Waals surface area contributed by atoms with Gasteiger partial charge in [0, 0.05) is 36.5 Å². The monoisotopic (exact) mass is 401 g/mol. The lowest BCUT2D eigenvalue weighted by Gasteiger charge is -2.38. The Balaban J connectivity index is 1.46. The lowest BCUT2D eigenvalue weighted by atomic mass is 9.87. The van der Waals surface area contributed by atoms with Crippen molar-refractivity contribution in [3.05, 3.63) is 51.2 Å². The summed E-state index contributed by atoms with van der Waals surface area (Å²) in [4.78, 5) is 23.2. The van der Waals surface area contributed by atoms with Gasteiger partial charge in [0.05, 0.1) is 10.7 Å². The first-order chi connectivity index (χ1) is 13.4. The molecule has 28 heavy (non-hydrogen) atoms. The minimum atomic E-state index is -0.232. The van der Waals surface area contributed by atoms with Crippen LogP contribution in [-0.4, -0.2) is 39.3 Å². The molecule has 0 radical (unpaired) electrons. The van der Waals surface area contributed by atoms with Gasteiger partial charge < -0.3 is 4.90 Å². The maximum Gasteiger partial charge on any atom is 0.223 e. The molecule has 3 heterocycles. The van der Waals surface area contributed by atoms with Gasteiger partial charge in [-0.05, 0) is 63.8 Å². The van der Waals surface area contributed by atoms with E-state index in [-0.39, 0.29) is 17.3 Å². The average molecular weight is 402 g/mol. The quantitative estimate of drug-likeness (QED) is 0.760.